The number of hydrogen-bond donors (Lipinski definition) is 1. The zero-order chi connectivity index (χ0) is 27.8. The number of nitrogens with zero attached hydrogens (tertiary/aromatic N) is 1. The number of nitrogens with one attached hydrogen (secondary N) is 1. The largest absolute Gasteiger partial charge is 0.471 e. The van der Waals surface area contributed by atoms with E-state index in [-0.39, 0.29) is 18.5 Å². The predicted octanol–water partition coefficient (Wildman–Crippen LogP) is 3.36. The molecule has 3 rings (SSSR count). The third kappa shape index (κ3) is 5.92. The van der Waals surface area contributed by atoms with E-state index in [0.717, 1.165) is 19.2 Å². The molecule has 0 bridgehead atoms. The number of halogens is 4. The van der Waals surface area contributed by atoms with E-state index in [2.05, 4.69) is 0 Å². The van der Waals surface area contributed by atoms with Crippen LogP contribution in [0.25, 0.3) is 0 Å². The lowest BCUT2D eigenvalue weighted by Gasteiger charge is -2.33. The van der Waals surface area contributed by atoms with Gasteiger partial charge in [-0.1, -0.05) is 6.42 Å². The molecule has 204 valence electrons. The molecule has 0 aromatic heterocycles. The Hall–Kier alpha value is -2.67. The summed E-state index contributed by atoms with van der Waals surface area (Å²) in [5.74, 6) is -5.51. The minimum atomic E-state index is -5.26. The molecule has 2 saturated heterocycles. The molecule has 2 heterocycles. The Balaban J connectivity index is 1.84. The van der Waals surface area contributed by atoms with E-state index in [1.54, 1.807) is 0 Å². The Bertz CT molecular complexity index is 1020. The van der Waals surface area contributed by atoms with Gasteiger partial charge in [-0.15, -0.1) is 0 Å². The molecule has 2 aliphatic heterocycles. The van der Waals surface area contributed by atoms with E-state index in [1.165, 1.54) is 17.0 Å². The number of rotatable bonds is 7. The van der Waals surface area contributed by atoms with Gasteiger partial charge in [0, 0.05) is 18.0 Å². The number of carbonyl (C=O) groups excluding carboxylic acids is 3. The fourth-order valence-electron chi connectivity index (χ4n) is 4.68. The van der Waals surface area contributed by atoms with Gasteiger partial charge in [0.25, 0.3) is 5.91 Å². The van der Waals surface area contributed by atoms with E-state index in [4.69, 9.17) is 14.0 Å². The number of benzene rings is 1. The standard InChI is InChI=1S/C24H31BF4N2O6/c1-21(2)22(3,4)37-25(36-21)12-6-7-16-13-31(18(32)15-8-10-17(26)11-9-15)14-23(16,20(34)35-5)30-19(33)24(27,28)29/h8-11,16H,6-7,12-14H2,1-5H3,(H,30,33)/t16-,23-/m0/s1. The first-order chi connectivity index (χ1) is 17.0. The van der Waals surface area contributed by atoms with Gasteiger partial charge in [-0.25, -0.2) is 9.18 Å². The first-order valence-electron chi connectivity index (χ1n) is 11.9. The third-order valence-electron chi connectivity index (χ3n) is 7.39. The number of carbonyl (C=O) groups is 3. The van der Waals surface area contributed by atoms with Crippen molar-refractivity contribution in [2.24, 2.45) is 5.92 Å². The SMILES string of the molecule is COC(=O)[C@]1(NC(=O)C(F)(F)F)CN(C(=O)c2ccc(F)cc2)C[C@@H]1CCCB1OC(C)(C)C(C)(C)O1. The second-order valence-corrected chi connectivity index (χ2v) is 10.4. The van der Waals surface area contributed by atoms with Crippen LogP contribution in [-0.2, 0) is 23.6 Å². The van der Waals surface area contributed by atoms with Crippen LogP contribution in [0, 0.1) is 11.7 Å². The number of alkyl halides is 3. The molecular formula is C24H31BF4N2O6. The summed E-state index contributed by atoms with van der Waals surface area (Å²) in [6.07, 6.45) is -4.37. The maximum absolute atomic E-state index is 13.3. The van der Waals surface area contributed by atoms with Crippen LogP contribution in [0.4, 0.5) is 17.6 Å². The smallest absolute Gasteiger partial charge is 0.467 e. The minimum Gasteiger partial charge on any atom is -0.467 e. The van der Waals surface area contributed by atoms with Crippen molar-refractivity contribution in [1.29, 1.82) is 0 Å². The number of likely N-dealkylation sites (tertiary alicyclic amines) is 1. The van der Waals surface area contributed by atoms with Gasteiger partial charge in [-0.05, 0) is 64.7 Å². The molecule has 37 heavy (non-hydrogen) atoms. The van der Waals surface area contributed by atoms with Crippen molar-refractivity contribution in [2.75, 3.05) is 20.2 Å². The highest BCUT2D eigenvalue weighted by molar-refractivity contribution is 6.45. The van der Waals surface area contributed by atoms with Gasteiger partial charge < -0.3 is 24.3 Å². The van der Waals surface area contributed by atoms with Crippen LogP contribution in [-0.4, -0.2) is 72.9 Å². The minimum absolute atomic E-state index is 0.0835. The highest BCUT2D eigenvalue weighted by atomic mass is 19.4. The zero-order valence-corrected chi connectivity index (χ0v) is 21.4. The highest BCUT2D eigenvalue weighted by Gasteiger charge is 2.58. The van der Waals surface area contributed by atoms with E-state index in [9.17, 15) is 31.9 Å². The van der Waals surface area contributed by atoms with E-state index in [1.807, 2.05) is 33.0 Å². The van der Waals surface area contributed by atoms with Crippen molar-refractivity contribution >= 4 is 24.9 Å². The summed E-state index contributed by atoms with van der Waals surface area (Å²) < 4.78 is 69.7. The molecule has 0 aliphatic carbocycles. The van der Waals surface area contributed by atoms with E-state index >= 15 is 0 Å². The molecule has 0 unspecified atom stereocenters. The van der Waals surface area contributed by atoms with Crippen molar-refractivity contribution in [3.63, 3.8) is 0 Å². The normalized spacial score (nSPS) is 24.7. The molecule has 2 fully saturated rings. The first kappa shape index (κ1) is 28.9. The molecule has 1 aromatic carbocycles. The Morgan fingerprint density at radius 1 is 1.11 bits per heavy atom. The predicted molar refractivity (Wildman–Crippen MR) is 125 cm³/mol. The molecule has 8 nitrogen and oxygen atoms in total. The number of amides is 2. The second-order valence-electron chi connectivity index (χ2n) is 10.4. The van der Waals surface area contributed by atoms with Crippen LogP contribution in [0.1, 0.15) is 50.9 Å². The van der Waals surface area contributed by atoms with Crippen LogP contribution in [0.2, 0.25) is 6.32 Å². The maximum Gasteiger partial charge on any atom is 0.471 e. The van der Waals surface area contributed by atoms with Crippen LogP contribution < -0.4 is 5.32 Å². The number of ether oxygens (including phenoxy) is 1. The van der Waals surface area contributed by atoms with Gasteiger partial charge in [0.05, 0.1) is 24.9 Å². The lowest BCUT2D eigenvalue weighted by molar-refractivity contribution is -0.178. The highest BCUT2D eigenvalue weighted by Crippen LogP contribution is 2.40. The molecule has 13 heteroatoms. The number of hydrogen-bond acceptors (Lipinski definition) is 6. The molecule has 1 N–H and O–H groups in total. The number of methoxy groups -OCH3 is 1. The van der Waals surface area contributed by atoms with Gasteiger partial charge in [0.15, 0.2) is 5.54 Å². The fourth-order valence-corrected chi connectivity index (χ4v) is 4.68. The van der Waals surface area contributed by atoms with E-state index < -0.39 is 66.1 Å². The topological polar surface area (TPSA) is 94.2 Å². The molecule has 2 amide bonds. The summed E-state index contributed by atoms with van der Waals surface area (Å²) >= 11 is 0. The summed E-state index contributed by atoms with van der Waals surface area (Å²) in [5, 5.41) is 1.83. The second kappa shape index (κ2) is 10.2. The molecule has 0 saturated carbocycles. The molecule has 2 aliphatic rings. The Morgan fingerprint density at radius 3 is 2.19 bits per heavy atom. The van der Waals surface area contributed by atoms with Crippen LogP contribution in [0.3, 0.4) is 0 Å². The molecule has 0 spiro atoms. The summed E-state index contributed by atoms with van der Waals surface area (Å²) in [5.41, 5.74) is -3.19. The Labute approximate surface area is 213 Å². The summed E-state index contributed by atoms with van der Waals surface area (Å²) in [6, 6.07) is 4.61. The van der Waals surface area contributed by atoms with Crippen molar-refractivity contribution in [2.45, 2.75) is 69.8 Å². The Kier molecular flexibility index (Phi) is 8.00. The van der Waals surface area contributed by atoms with Crippen molar-refractivity contribution in [3.05, 3.63) is 35.6 Å². The zero-order valence-electron chi connectivity index (χ0n) is 21.4. The molecular weight excluding hydrogens is 499 g/mol. The van der Waals surface area contributed by atoms with Crippen molar-refractivity contribution in [3.8, 4) is 0 Å². The van der Waals surface area contributed by atoms with Gasteiger partial charge in [0.2, 0.25) is 0 Å². The average molecular weight is 530 g/mol. The lowest BCUT2D eigenvalue weighted by atomic mass is 9.77. The van der Waals surface area contributed by atoms with Gasteiger partial charge in [-0.2, -0.15) is 13.2 Å². The van der Waals surface area contributed by atoms with Gasteiger partial charge in [-0.3, -0.25) is 9.59 Å². The average Bonchev–Trinajstić information content (AvgIpc) is 3.26. The van der Waals surface area contributed by atoms with E-state index in [0.29, 0.717) is 12.7 Å². The summed E-state index contributed by atoms with van der Waals surface area (Å²) in [4.78, 5) is 39.1. The number of esters is 1. The molecule has 0 radical (unpaired) electrons. The molecule has 1 aromatic rings. The van der Waals surface area contributed by atoms with Crippen molar-refractivity contribution in [1.82, 2.24) is 10.2 Å². The summed E-state index contributed by atoms with van der Waals surface area (Å²) in [7, 11) is 0.427. The van der Waals surface area contributed by atoms with Gasteiger partial charge >= 0.3 is 25.2 Å². The Morgan fingerprint density at radius 2 is 1.68 bits per heavy atom. The van der Waals surface area contributed by atoms with Crippen LogP contribution in [0.5, 0.6) is 0 Å². The molecule has 2 atom stereocenters. The van der Waals surface area contributed by atoms with Gasteiger partial charge in [0.1, 0.15) is 5.82 Å². The third-order valence-corrected chi connectivity index (χ3v) is 7.39. The summed E-state index contributed by atoms with van der Waals surface area (Å²) in [6.45, 7) is 6.87. The van der Waals surface area contributed by atoms with Crippen LogP contribution in [0.15, 0.2) is 24.3 Å². The first-order valence-corrected chi connectivity index (χ1v) is 11.9. The monoisotopic (exact) mass is 530 g/mol. The lowest BCUT2D eigenvalue weighted by Crippen LogP contribution is -2.63. The quantitative estimate of drug-likeness (QED) is 0.330. The maximum atomic E-state index is 13.3. The fraction of sp³-hybridized carbons (Fsp3) is 0.625. The van der Waals surface area contributed by atoms with Crippen LogP contribution >= 0.6 is 0 Å². The van der Waals surface area contributed by atoms with Crippen molar-refractivity contribution < 1.29 is 46.0 Å².